The maximum absolute atomic E-state index is 14.3. The molecule has 1 unspecified atom stereocenters. The highest BCUT2D eigenvalue weighted by atomic mass is 19.1. The van der Waals surface area contributed by atoms with E-state index in [9.17, 15) is 18.4 Å². The van der Waals surface area contributed by atoms with Crippen LogP contribution in [0.1, 0.15) is 46.0 Å². The smallest absolute Gasteiger partial charge is 0.291 e. The molecule has 5 rings (SSSR count). The number of fused-ring (bicyclic) bond motifs is 3. The zero-order valence-electron chi connectivity index (χ0n) is 17.4. The minimum absolute atomic E-state index is 0.0442. The number of hydrogen-bond donors (Lipinski definition) is 3. The summed E-state index contributed by atoms with van der Waals surface area (Å²) in [5.41, 5.74) is 1.68. The Morgan fingerprint density at radius 2 is 2.09 bits per heavy atom. The maximum atomic E-state index is 14.3. The third kappa shape index (κ3) is 3.71. The predicted molar refractivity (Wildman–Crippen MR) is 112 cm³/mol. The minimum Gasteiger partial charge on any atom is -0.337 e. The van der Waals surface area contributed by atoms with Crippen LogP contribution in [0.25, 0.3) is 0 Å². The second kappa shape index (κ2) is 7.78. The summed E-state index contributed by atoms with van der Waals surface area (Å²) in [4.78, 5) is 29.8. The summed E-state index contributed by atoms with van der Waals surface area (Å²) in [6.45, 7) is 1.87. The topological polar surface area (TPSA) is 124 Å². The number of aromatic nitrogens is 3. The normalized spacial score (nSPS) is 22.9. The van der Waals surface area contributed by atoms with Gasteiger partial charge in [0, 0.05) is 12.5 Å². The molecule has 8 nitrogen and oxygen atoms in total. The highest BCUT2D eigenvalue weighted by Crippen LogP contribution is 2.59. The van der Waals surface area contributed by atoms with E-state index in [2.05, 4.69) is 31.9 Å². The molecule has 1 aromatic heterocycles. The van der Waals surface area contributed by atoms with Crippen molar-refractivity contribution in [3.63, 3.8) is 0 Å². The summed E-state index contributed by atoms with van der Waals surface area (Å²) in [5, 5.41) is 20.8. The molecule has 3 aromatic rings. The first-order chi connectivity index (χ1) is 15.9. The van der Waals surface area contributed by atoms with Crippen LogP contribution >= 0.6 is 0 Å². The molecule has 33 heavy (non-hydrogen) atoms. The van der Waals surface area contributed by atoms with Gasteiger partial charge in [-0.1, -0.05) is 19.1 Å². The predicted octanol–water partition coefficient (Wildman–Crippen LogP) is 2.65. The molecule has 2 aliphatic rings. The molecule has 0 spiro atoms. The van der Waals surface area contributed by atoms with Crippen molar-refractivity contribution in [1.82, 2.24) is 20.5 Å². The van der Waals surface area contributed by atoms with Gasteiger partial charge in [0.05, 0.1) is 17.3 Å². The summed E-state index contributed by atoms with van der Waals surface area (Å²) in [5.74, 6) is -3.11. The van der Waals surface area contributed by atoms with Gasteiger partial charge in [0.25, 0.3) is 5.91 Å². The molecule has 3 N–H and O–H groups in total. The lowest BCUT2D eigenvalue weighted by atomic mass is 10.0. The Kier molecular flexibility index (Phi) is 4.89. The Bertz CT molecular complexity index is 1330. The van der Waals surface area contributed by atoms with E-state index < -0.39 is 29.5 Å². The van der Waals surface area contributed by atoms with E-state index in [-0.39, 0.29) is 29.3 Å². The number of nitriles is 1. The van der Waals surface area contributed by atoms with E-state index in [4.69, 9.17) is 5.26 Å². The number of carbonyl (C=O) groups excluding carboxylic acids is 2. The molecule has 1 saturated carbocycles. The van der Waals surface area contributed by atoms with Crippen LogP contribution in [0.4, 0.5) is 14.5 Å². The van der Waals surface area contributed by atoms with Crippen LogP contribution in [0.15, 0.2) is 36.4 Å². The van der Waals surface area contributed by atoms with E-state index >= 15 is 0 Å². The van der Waals surface area contributed by atoms with Crippen molar-refractivity contribution >= 4 is 17.5 Å². The van der Waals surface area contributed by atoms with Gasteiger partial charge in [-0.25, -0.2) is 13.8 Å². The zero-order chi connectivity index (χ0) is 23.3. The number of halogens is 2. The second-order valence-electron chi connectivity index (χ2n) is 8.35. The quantitative estimate of drug-likeness (QED) is 0.566. The third-order valence-corrected chi connectivity index (χ3v) is 6.26. The fourth-order valence-corrected chi connectivity index (χ4v) is 4.65. The van der Waals surface area contributed by atoms with Crippen molar-refractivity contribution in [2.45, 2.75) is 25.3 Å². The van der Waals surface area contributed by atoms with Crippen molar-refractivity contribution in [3.8, 4) is 6.07 Å². The molecule has 2 amide bonds. The summed E-state index contributed by atoms with van der Waals surface area (Å²) >= 11 is 0. The molecule has 2 heterocycles. The molecule has 1 aliphatic heterocycles. The average molecular weight is 448 g/mol. The molecular weight excluding hydrogens is 430 g/mol. The third-order valence-electron chi connectivity index (χ3n) is 6.26. The summed E-state index contributed by atoms with van der Waals surface area (Å²) < 4.78 is 28.1. The standard InChI is InChI=1S/C23H18F2N6O2/c1-10-17-14-7-13(24)8-15(25)19(14)28-22(32)20(18(10)17)29-23(33)21-27-16(30-31-21)6-11-3-2-4-12(5-11)9-26/h2-5,7-8,10,17-18,20H,6H2,1H3,(H,28,32)(H,29,33)(H,27,30,31)/t10-,17-,18?,20-/m0/s1. The van der Waals surface area contributed by atoms with Crippen molar-refractivity contribution in [2.24, 2.45) is 11.8 Å². The first-order valence-corrected chi connectivity index (χ1v) is 10.4. The van der Waals surface area contributed by atoms with Crippen molar-refractivity contribution in [1.29, 1.82) is 5.26 Å². The fourth-order valence-electron chi connectivity index (χ4n) is 4.65. The van der Waals surface area contributed by atoms with E-state index in [1.54, 1.807) is 18.2 Å². The van der Waals surface area contributed by atoms with Crippen LogP contribution in [0.2, 0.25) is 0 Å². The molecular formula is C23H18F2N6O2. The summed E-state index contributed by atoms with van der Waals surface area (Å²) in [6.07, 6.45) is 0.335. The number of benzene rings is 2. The Hall–Kier alpha value is -4.13. The lowest BCUT2D eigenvalue weighted by molar-refractivity contribution is -0.118. The van der Waals surface area contributed by atoms with E-state index in [0.29, 0.717) is 23.4 Å². The van der Waals surface area contributed by atoms with Crippen LogP contribution in [0.5, 0.6) is 0 Å². The van der Waals surface area contributed by atoms with E-state index in [1.165, 1.54) is 6.07 Å². The number of nitrogens with one attached hydrogen (secondary N) is 3. The number of anilines is 1. The van der Waals surface area contributed by atoms with Gasteiger partial charge in [0.1, 0.15) is 23.5 Å². The molecule has 1 aliphatic carbocycles. The highest BCUT2D eigenvalue weighted by molar-refractivity contribution is 6.02. The fraction of sp³-hybridized carbons (Fsp3) is 0.261. The second-order valence-corrected chi connectivity index (χ2v) is 8.35. The summed E-state index contributed by atoms with van der Waals surface area (Å²) in [6, 6.07) is 10.1. The largest absolute Gasteiger partial charge is 0.337 e. The number of amides is 2. The molecule has 0 radical (unpaired) electrons. The van der Waals surface area contributed by atoms with Crippen molar-refractivity contribution < 1.29 is 18.4 Å². The van der Waals surface area contributed by atoms with Gasteiger partial charge in [-0.2, -0.15) is 5.26 Å². The first kappa shape index (κ1) is 20.8. The molecule has 166 valence electrons. The SMILES string of the molecule is C[C@@H]1C2[C@H](NC(=O)c3n[nH]c(Cc4cccc(C#N)c4)n3)C(=O)Nc3c(F)cc(F)cc3[C@@H]21. The Morgan fingerprint density at radius 1 is 1.27 bits per heavy atom. The van der Waals surface area contributed by atoms with Gasteiger partial charge < -0.3 is 10.6 Å². The number of carbonyl (C=O) groups is 2. The Balaban J connectivity index is 1.33. The van der Waals surface area contributed by atoms with Gasteiger partial charge in [-0.3, -0.25) is 14.7 Å². The van der Waals surface area contributed by atoms with Crippen LogP contribution in [0.3, 0.4) is 0 Å². The number of nitrogens with zero attached hydrogens (tertiary/aromatic N) is 3. The van der Waals surface area contributed by atoms with E-state index in [1.807, 2.05) is 13.0 Å². The molecule has 0 saturated heterocycles. The van der Waals surface area contributed by atoms with Crippen LogP contribution in [-0.4, -0.2) is 33.0 Å². The molecule has 1 fully saturated rings. The number of H-pyrrole nitrogens is 1. The molecule has 10 heteroatoms. The number of hydrogen-bond acceptors (Lipinski definition) is 5. The van der Waals surface area contributed by atoms with Gasteiger partial charge >= 0.3 is 0 Å². The number of rotatable bonds is 4. The van der Waals surface area contributed by atoms with Gasteiger partial charge in [0.15, 0.2) is 0 Å². The molecule has 4 atom stereocenters. The van der Waals surface area contributed by atoms with E-state index in [0.717, 1.165) is 11.6 Å². The highest BCUT2D eigenvalue weighted by Gasteiger charge is 2.57. The maximum Gasteiger partial charge on any atom is 0.291 e. The van der Waals surface area contributed by atoms with Gasteiger partial charge in [-0.15, -0.1) is 5.10 Å². The summed E-state index contributed by atoms with van der Waals surface area (Å²) in [7, 11) is 0. The van der Waals surface area contributed by atoms with Gasteiger partial charge in [0.2, 0.25) is 11.7 Å². The lowest BCUT2D eigenvalue weighted by Crippen LogP contribution is -2.45. The van der Waals surface area contributed by atoms with Crippen molar-refractivity contribution in [2.75, 3.05) is 5.32 Å². The lowest BCUT2D eigenvalue weighted by Gasteiger charge is -2.17. The first-order valence-electron chi connectivity index (χ1n) is 10.4. The van der Waals surface area contributed by atoms with Crippen LogP contribution < -0.4 is 10.6 Å². The number of aromatic amines is 1. The molecule has 0 bridgehead atoms. The molecule has 2 aromatic carbocycles. The average Bonchev–Trinajstić information content (AvgIpc) is 3.24. The monoisotopic (exact) mass is 448 g/mol. The zero-order valence-corrected chi connectivity index (χ0v) is 17.4. The van der Waals surface area contributed by atoms with Crippen LogP contribution in [0, 0.1) is 34.8 Å². The van der Waals surface area contributed by atoms with Crippen LogP contribution in [-0.2, 0) is 11.2 Å². The Labute approximate surface area is 187 Å². The van der Waals surface area contributed by atoms with Gasteiger partial charge in [-0.05, 0) is 47.1 Å². The van der Waals surface area contributed by atoms with Crippen molar-refractivity contribution in [3.05, 3.63) is 76.4 Å². The Morgan fingerprint density at radius 3 is 2.88 bits per heavy atom. The minimum atomic E-state index is -0.943.